The minimum Gasteiger partial charge on any atom is -0.496 e. The van der Waals surface area contributed by atoms with E-state index >= 15 is 0 Å². The van der Waals surface area contributed by atoms with Crippen molar-refractivity contribution >= 4 is 33.6 Å². The molecule has 0 aromatic heterocycles. The molecule has 0 fully saturated rings. The SMILES string of the molecule is COc1cc(Br)ccc1C(=O)NC(C)CSC. The number of halogens is 1. The molecule has 0 aliphatic carbocycles. The molecule has 1 atom stereocenters. The summed E-state index contributed by atoms with van der Waals surface area (Å²) < 4.78 is 6.08. The second kappa shape index (κ2) is 6.91. The third kappa shape index (κ3) is 4.24. The lowest BCUT2D eigenvalue weighted by atomic mass is 10.2. The smallest absolute Gasteiger partial charge is 0.255 e. The summed E-state index contributed by atoms with van der Waals surface area (Å²) in [6.07, 6.45) is 2.02. The van der Waals surface area contributed by atoms with E-state index in [1.54, 1.807) is 31.0 Å². The maximum atomic E-state index is 12.0. The van der Waals surface area contributed by atoms with Gasteiger partial charge in [0.15, 0.2) is 0 Å². The number of rotatable bonds is 5. The van der Waals surface area contributed by atoms with E-state index in [-0.39, 0.29) is 11.9 Å². The molecule has 1 rings (SSSR count). The van der Waals surface area contributed by atoms with Crippen LogP contribution in [-0.2, 0) is 0 Å². The van der Waals surface area contributed by atoms with E-state index in [1.807, 2.05) is 19.2 Å². The highest BCUT2D eigenvalue weighted by molar-refractivity contribution is 9.10. The maximum Gasteiger partial charge on any atom is 0.255 e. The van der Waals surface area contributed by atoms with Crippen LogP contribution in [0, 0.1) is 0 Å². The molecule has 1 aromatic rings. The molecule has 0 aliphatic heterocycles. The van der Waals surface area contributed by atoms with Gasteiger partial charge in [0.05, 0.1) is 12.7 Å². The molecule has 5 heteroatoms. The Balaban J connectivity index is 2.81. The van der Waals surface area contributed by atoms with Crippen molar-refractivity contribution in [1.29, 1.82) is 0 Å². The van der Waals surface area contributed by atoms with Gasteiger partial charge < -0.3 is 10.1 Å². The van der Waals surface area contributed by atoms with Gasteiger partial charge in [-0.2, -0.15) is 11.8 Å². The van der Waals surface area contributed by atoms with Crippen LogP contribution >= 0.6 is 27.7 Å². The number of hydrogen-bond acceptors (Lipinski definition) is 3. The topological polar surface area (TPSA) is 38.3 Å². The van der Waals surface area contributed by atoms with Crippen molar-refractivity contribution in [2.24, 2.45) is 0 Å². The van der Waals surface area contributed by atoms with Crippen LogP contribution in [0.2, 0.25) is 0 Å². The van der Waals surface area contributed by atoms with Crippen molar-refractivity contribution < 1.29 is 9.53 Å². The molecule has 17 heavy (non-hydrogen) atoms. The Bertz CT molecular complexity index is 398. The van der Waals surface area contributed by atoms with Crippen molar-refractivity contribution in [3.05, 3.63) is 28.2 Å². The Morgan fingerprint density at radius 3 is 2.88 bits per heavy atom. The molecule has 94 valence electrons. The number of nitrogens with one attached hydrogen (secondary N) is 1. The van der Waals surface area contributed by atoms with Crippen LogP contribution in [0.15, 0.2) is 22.7 Å². The largest absolute Gasteiger partial charge is 0.496 e. The van der Waals surface area contributed by atoms with Crippen LogP contribution in [0.3, 0.4) is 0 Å². The zero-order chi connectivity index (χ0) is 12.8. The molecule has 1 unspecified atom stereocenters. The Kier molecular flexibility index (Phi) is 5.85. The number of amides is 1. The van der Waals surface area contributed by atoms with Gasteiger partial charge in [0.25, 0.3) is 5.91 Å². The molecular formula is C12H16BrNO2S. The standard InChI is InChI=1S/C12H16BrNO2S/c1-8(7-17-3)14-12(15)10-5-4-9(13)6-11(10)16-2/h4-6,8H,7H2,1-3H3,(H,14,15). The van der Waals surface area contributed by atoms with E-state index in [9.17, 15) is 4.79 Å². The summed E-state index contributed by atoms with van der Waals surface area (Å²) in [5.41, 5.74) is 0.559. The van der Waals surface area contributed by atoms with E-state index in [1.165, 1.54) is 0 Å². The zero-order valence-electron chi connectivity index (χ0n) is 10.1. The summed E-state index contributed by atoms with van der Waals surface area (Å²) in [6.45, 7) is 1.99. The highest BCUT2D eigenvalue weighted by Gasteiger charge is 2.14. The minimum absolute atomic E-state index is 0.101. The van der Waals surface area contributed by atoms with Gasteiger partial charge in [-0.1, -0.05) is 15.9 Å². The average molecular weight is 318 g/mol. The molecule has 0 heterocycles. The highest BCUT2D eigenvalue weighted by Crippen LogP contribution is 2.23. The monoisotopic (exact) mass is 317 g/mol. The molecule has 0 bridgehead atoms. The van der Waals surface area contributed by atoms with Crippen molar-refractivity contribution in [2.45, 2.75) is 13.0 Å². The fraction of sp³-hybridized carbons (Fsp3) is 0.417. The van der Waals surface area contributed by atoms with Crippen LogP contribution in [0.1, 0.15) is 17.3 Å². The van der Waals surface area contributed by atoms with Crippen molar-refractivity contribution in [2.75, 3.05) is 19.1 Å². The molecule has 0 aliphatic rings. The number of hydrogen-bond donors (Lipinski definition) is 1. The van der Waals surface area contributed by atoms with Gasteiger partial charge in [0.2, 0.25) is 0 Å². The fourth-order valence-corrected chi connectivity index (χ4v) is 2.37. The summed E-state index contributed by atoms with van der Waals surface area (Å²) in [6, 6.07) is 5.51. The van der Waals surface area contributed by atoms with Gasteiger partial charge in [-0.05, 0) is 31.4 Å². The summed E-state index contributed by atoms with van der Waals surface area (Å²) in [5, 5.41) is 2.94. The molecule has 0 spiro atoms. The number of carbonyl (C=O) groups is 1. The van der Waals surface area contributed by atoms with Gasteiger partial charge in [-0.15, -0.1) is 0 Å². The van der Waals surface area contributed by atoms with Gasteiger partial charge in [-0.25, -0.2) is 0 Å². The molecule has 3 nitrogen and oxygen atoms in total. The molecule has 1 aromatic carbocycles. The highest BCUT2D eigenvalue weighted by atomic mass is 79.9. The minimum atomic E-state index is -0.101. The van der Waals surface area contributed by atoms with E-state index in [2.05, 4.69) is 21.2 Å². The van der Waals surface area contributed by atoms with Crippen molar-refractivity contribution in [3.63, 3.8) is 0 Å². The first-order valence-corrected chi connectivity index (χ1v) is 7.40. The predicted octanol–water partition coefficient (Wildman–Crippen LogP) is 2.94. The Labute approximate surface area is 114 Å². The van der Waals surface area contributed by atoms with Crippen molar-refractivity contribution in [3.8, 4) is 5.75 Å². The number of thioether (sulfide) groups is 1. The molecule has 0 saturated carbocycles. The van der Waals surface area contributed by atoms with Gasteiger partial charge in [0, 0.05) is 16.3 Å². The summed E-state index contributed by atoms with van der Waals surface area (Å²) in [4.78, 5) is 12.0. The summed E-state index contributed by atoms with van der Waals surface area (Å²) in [7, 11) is 1.56. The lowest BCUT2D eigenvalue weighted by molar-refractivity contribution is 0.0940. The van der Waals surface area contributed by atoms with E-state index in [0.29, 0.717) is 11.3 Å². The lowest BCUT2D eigenvalue weighted by Gasteiger charge is -2.14. The molecule has 0 saturated heterocycles. The Morgan fingerprint density at radius 1 is 1.59 bits per heavy atom. The van der Waals surface area contributed by atoms with Crippen LogP contribution in [0.25, 0.3) is 0 Å². The Hall–Kier alpha value is -0.680. The quantitative estimate of drug-likeness (QED) is 0.907. The average Bonchev–Trinajstić information content (AvgIpc) is 2.28. The number of benzene rings is 1. The normalized spacial score (nSPS) is 12.0. The molecular weight excluding hydrogens is 302 g/mol. The van der Waals surface area contributed by atoms with Gasteiger partial charge in [-0.3, -0.25) is 4.79 Å². The second-order valence-electron chi connectivity index (χ2n) is 3.67. The zero-order valence-corrected chi connectivity index (χ0v) is 12.5. The van der Waals surface area contributed by atoms with Crippen LogP contribution < -0.4 is 10.1 Å². The maximum absolute atomic E-state index is 12.0. The third-order valence-electron chi connectivity index (χ3n) is 2.20. The third-order valence-corrected chi connectivity index (χ3v) is 3.53. The second-order valence-corrected chi connectivity index (χ2v) is 5.50. The van der Waals surface area contributed by atoms with E-state index < -0.39 is 0 Å². The first-order chi connectivity index (χ1) is 8.08. The predicted molar refractivity (Wildman–Crippen MR) is 76.0 cm³/mol. The number of carbonyl (C=O) groups excluding carboxylic acids is 1. The van der Waals surface area contributed by atoms with Gasteiger partial charge >= 0.3 is 0 Å². The van der Waals surface area contributed by atoms with Crippen LogP contribution in [0.4, 0.5) is 0 Å². The van der Waals surface area contributed by atoms with Crippen molar-refractivity contribution in [1.82, 2.24) is 5.32 Å². The lowest BCUT2D eigenvalue weighted by Crippen LogP contribution is -2.34. The molecule has 1 N–H and O–H groups in total. The fourth-order valence-electron chi connectivity index (χ4n) is 1.45. The molecule has 0 radical (unpaired) electrons. The molecule has 1 amide bonds. The van der Waals surface area contributed by atoms with E-state index in [0.717, 1.165) is 10.2 Å². The van der Waals surface area contributed by atoms with Gasteiger partial charge in [0.1, 0.15) is 5.75 Å². The first-order valence-electron chi connectivity index (χ1n) is 5.21. The first kappa shape index (κ1) is 14.4. The summed E-state index contributed by atoms with van der Waals surface area (Å²) in [5.74, 6) is 1.37. The van der Waals surface area contributed by atoms with E-state index in [4.69, 9.17) is 4.74 Å². The number of ether oxygens (including phenoxy) is 1. The summed E-state index contributed by atoms with van der Waals surface area (Å²) >= 11 is 5.05. The number of methoxy groups -OCH3 is 1. The van der Waals surface area contributed by atoms with Crippen LogP contribution in [-0.4, -0.2) is 31.1 Å². The Morgan fingerprint density at radius 2 is 2.29 bits per heavy atom. The van der Waals surface area contributed by atoms with Crippen LogP contribution in [0.5, 0.6) is 5.75 Å².